The summed E-state index contributed by atoms with van der Waals surface area (Å²) < 4.78 is 0. The van der Waals surface area contributed by atoms with Gasteiger partial charge in [0.25, 0.3) is 0 Å². The number of piperidine rings is 1. The standard InChI is InChI=1S/C22H34N4O2.ClH/c1-3-13-26(20-9-12-23-16-20)21(27)19-10-14-25(15-11-19)22(28)24(2)17-18-7-5-4-6-8-18;/h4-8,19-20,23H,3,9-17H2,1-2H3;1H. The molecule has 29 heavy (non-hydrogen) atoms. The second-order valence-electron chi connectivity index (χ2n) is 8.06. The number of nitrogens with one attached hydrogen (secondary N) is 1. The van der Waals surface area contributed by atoms with E-state index in [0.29, 0.717) is 31.6 Å². The van der Waals surface area contributed by atoms with Crippen LogP contribution < -0.4 is 5.32 Å². The fourth-order valence-corrected chi connectivity index (χ4v) is 4.34. The lowest BCUT2D eigenvalue weighted by atomic mass is 9.94. The van der Waals surface area contributed by atoms with E-state index in [-0.39, 0.29) is 24.4 Å². The molecule has 162 valence electrons. The van der Waals surface area contributed by atoms with Crippen LogP contribution in [0.4, 0.5) is 4.79 Å². The molecular formula is C22H35ClN4O2. The summed E-state index contributed by atoms with van der Waals surface area (Å²) in [5.41, 5.74) is 1.13. The van der Waals surface area contributed by atoms with Crippen molar-refractivity contribution in [3.05, 3.63) is 35.9 Å². The molecule has 1 aromatic rings. The molecule has 2 aliphatic rings. The maximum absolute atomic E-state index is 13.1. The van der Waals surface area contributed by atoms with Gasteiger partial charge in [0, 0.05) is 51.7 Å². The predicted molar refractivity (Wildman–Crippen MR) is 118 cm³/mol. The number of hydrogen-bond donors (Lipinski definition) is 1. The second-order valence-corrected chi connectivity index (χ2v) is 8.06. The van der Waals surface area contributed by atoms with E-state index in [9.17, 15) is 9.59 Å². The zero-order valence-corrected chi connectivity index (χ0v) is 18.5. The van der Waals surface area contributed by atoms with Gasteiger partial charge in [-0.25, -0.2) is 4.79 Å². The molecule has 0 bridgehead atoms. The Kier molecular flexibility index (Phi) is 9.24. The van der Waals surface area contributed by atoms with Gasteiger partial charge in [-0.3, -0.25) is 4.79 Å². The molecule has 3 amide bonds. The minimum atomic E-state index is 0. The average Bonchev–Trinajstić information content (AvgIpc) is 3.26. The van der Waals surface area contributed by atoms with Crippen LogP contribution in [0.3, 0.4) is 0 Å². The molecule has 2 fully saturated rings. The van der Waals surface area contributed by atoms with Crippen molar-refractivity contribution in [1.82, 2.24) is 20.0 Å². The highest BCUT2D eigenvalue weighted by atomic mass is 35.5. The van der Waals surface area contributed by atoms with Gasteiger partial charge in [-0.05, 0) is 37.8 Å². The summed E-state index contributed by atoms with van der Waals surface area (Å²) in [7, 11) is 1.85. The van der Waals surface area contributed by atoms with Gasteiger partial charge in [0.05, 0.1) is 0 Å². The van der Waals surface area contributed by atoms with Crippen molar-refractivity contribution in [1.29, 1.82) is 0 Å². The third kappa shape index (κ3) is 6.09. The Morgan fingerprint density at radius 2 is 1.83 bits per heavy atom. The first-order valence-corrected chi connectivity index (χ1v) is 10.6. The maximum Gasteiger partial charge on any atom is 0.320 e. The highest BCUT2D eigenvalue weighted by Gasteiger charge is 2.34. The van der Waals surface area contributed by atoms with Crippen LogP contribution in [-0.2, 0) is 11.3 Å². The topological polar surface area (TPSA) is 55.9 Å². The largest absolute Gasteiger partial charge is 0.338 e. The van der Waals surface area contributed by atoms with Crippen LogP contribution in [0.15, 0.2) is 30.3 Å². The highest BCUT2D eigenvalue weighted by molar-refractivity contribution is 5.85. The Bertz CT molecular complexity index is 643. The number of hydrogen-bond acceptors (Lipinski definition) is 3. The quantitative estimate of drug-likeness (QED) is 0.766. The monoisotopic (exact) mass is 422 g/mol. The molecule has 3 rings (SSSR count). The third-order valence-electron chi connectivity index (χ3n) is 5.93. The molecule has 6 nitrogen and oxygen atoms in total. The number of halogens is 1. The van der Waals surface area contributed by atoms with Crippen LogP contribution in [0.1, 0.15) is 38.2 Å². The Balaban J connectivity index is 0.00000300. The molecule has 1 atom stereocenters. The number of carbonyl (C=O) groups is 2. The van der Waals surface area contributed by atoms with Gasteiger partial charge in [-0.2, -0.15) is 0 Å². The number of benzene rings is 1. The number of rotatable bonds is 6. The first-order chi connectivity index (χ1) is 13.6. The molecule has 0 aromatic heterocycles. The first-order valence-electron chi connectivity index (χ1n) is 10.6. The number of nitrogens with zero attached hydrogens (tertiary/aromatic N) is 3. The lowest BCUT2D eigenvalue weighted by Crippen LogP contribution is -2.50. The second kappa shape index (κ2) is 11.4. The van der Waals surface area contributed by atoms with Gasteiger partial charge in [0.2, 0.25) is 5.91 Å². The van der Waals surface area contributed by atoms with Crippen molar-refractivity contribution < 1.29 is 9.59 Å². The summed E-state index contributed by atoms with van der Waals surface area (Å²) in [6.45, 7) is 6.81. The number of likely N-dealkylation sites (tertiary alicyclic amines) is 1. The Morgan fingerprint density at radius 3 is 2.41 bits per heavy atom. The van der Waals surface area contributed by atoms with E-state index in [1.54, 1.807) is 4.90 Å². The minimum Gasteiger partial charge on any atom is -0.338 e. The molecule has 0 saturated carbocycles. The van der Waals surface area contributed by atoms with E-state index in [0.717, 1.165) is 50.9 Å². The summed E-state index contributed by atoms with van der Waals surface area (Å²) in [5.74, 6) is 0.343. The molecule has 7 heteroatoms. The Hall–Kier alpha value is -1.79. The summed E-state index contributed by atoms with van der Waals surface area (Å²) in [5, 5.41) is 3.37. The van der Waals surface area contributed by atoms with Gasteiger partial charge in [0.15, 0.2) is 0 Å². The third-order valence-corrected chi connectivity index (χ3v) is 5.93. The molecule has 1 unspecified atom stereocenters. The molecule has 0 spiro atoms. The lowest BCUT2D eigenvalue weighted by Gasteiger charge is -2.37. The van der Waals surface area contributed by atoms with Crippen LogP contribution in [0.25, 0.3) is 0 Å². The van der Waals surface area contributed by atoms with E-state index < -0.39 is 0 Å². The molecule has 0 aliphatic carbocycles. The van der Waals surface area contributed by atoms with Crippen LogP contribution in [0, 0.1) is 5.92 Å². The number of amides is 3. The summed E-state index contributed by atoms with van der Waals surface area (Å²) in [6, 6.07) is 10.4. The zero-order valence-electron chi connectivity index (χ0n) is 17.7. The molecule has 2 saturated heterocycles. The number of carbonyl (C=O) groups excluding carboxylic acids is 2. The van der Waals surface area contributed by atoms with E-state index >= 15 is 0 Å². The van der Waals surface area contributed by atoms with Crippen LogP contribution >= 0.6 is 12.4 Å². The van der Waals surface area contributed by atoms with Crippen molar-refractivity contribution in [2.24, 2.45) is 5.92 Å². The van der Waals surface area contributed by atoms with Crippen molar-refractivity contribution in [2.45, 2.75) is 45.2 Å². The highest BCUT2D eigenvalue weighted by Crippen LogP contribution is 2.23. The predicted octanol–water partition coefficient (Wildman–Crippen LogP) is 2.97. The lowest BCUT2D eigenvalue weighted by molar-refractivity contribution is -0.139. The van der Waals surface area contributed by atoms with Crippen molar-refractivity contribution >= 4 is 24.3 Å². The normalized spacial score (nSPS) is 19.5. The van der Waals surface area contributed by atoms with Gasteiger partial charge in [-0.15, -0.1) is 12.4 Å². The van der Waals surface area contributed by atoms with Gasteiger partial charge >= 0.3 is 6.03 Å². The molecule has 2 aliphatic heterocycles. The molecule has 1 aromatic carbocycles. The van der Waals surface area contributed by atoms with Gasteiger partial charge in [0.1, 0.15) is 0 Å². The molecule has 2 heterocycles. The van der Waals surface area contributed by atoms with Crippen LogP contribution in [0.2, 0.25) is 0 Å². The molecule has 1 N–H and O–H groups in total. The summed E-state index contributed by atoms with van der Waals surface area (Å²) >= 11 is 0. The zero-order chi connectivity index (χ0) is 19.9. The number of urea groups is 1. The maximum atomic E-state index is 13.1. The van der Waals surface area contributed by atoms with E-state index in [4.69, 9.17) is 0 Å². The van der Waals surface area contributed by atoms with Gasteiger partial charge in [-0.1, -0.05) is 37.3 Å². The van der Waals surface area contributed by atoms with Crippen molar-refractivity contribution in [3.8, 4) is 0 Å². The fraction of sp³-hybridized carbons (Fsp3) is 0.636. The minimum absolute atomic E-state index is 0. The molecule has 0 radical (unpaired) electrons. The van der Waals surface area contributed by atoms with Crippen LogP contribution in [-0.4, -0.2) is 72.5 Å². The Labute approximate surface area is 181 Å². The smallest absolute Gasteiger partial charge is 0.320 e. The summed E-state index contributed by atoms with van der Waals surface area (Å²) in [6.07, 6.45) is 3.57. The van der Waals surface area contributed by atoms with E-state index in [2.05, 4.69) is 17.1 Å². The summed E-state index contributed by atoms with van der Waals surface area (Å²) in [4.78, 5) is 31.7. The SMILES string of the molecule is CCCN(C(=O)C1CCN(C(=O)N(C)Cc2ccccc2)CC1)C1CCNC1.Cl. The van der Waals surface area contributed by atoms with Gasteiger partial charge < -0.3 is 20.0 Å². The average molecular weight is 423 g/mol. The van der Waals surface area contributed by atoms with Crippen molar-refractivity contribution in [3.63, 3.8) is 0 Å². The fourth-order valence-electron chi connectivity index (χ4n) is 4.34. The van der Waals surface area contributed by atoms with E-state index in [1.165, 1.54) is 0 Å². The van der Waals surface area contributed by atoms with Crippen LogP contribution in [0.5, 0.6) is 0 Å². The van der Waals surface area contributed by atoms with Crippen molar-refractivity contribution in [2.75, 3.05) is 39.8 Å². The van der Waals surface area contributed by atoms with E-state index in [1.807, 2.05) is 42.3 Å². The molecular weight excluding hydrogens is 388 g/mol. The first kappa shape index (κ1) is 23.5. The Morgan fingerprint density at radius 1 is 1.14 bits per heavy atom.